The number of aryl methyl sites for hydroxylation is 2. The van der Waals surface area contributed by atoms with E-state index in [1.807, 2.05) is 37.3 Å². The van der Waals surface area contributed by atoms with Crippen molar-refractivity contribution in [2.45, 2.75) is 33.2 Å². The van der Waals surface area contributed by atoms with Crippen molar-refractivity contribution < 1.29 is 14.5 Å². The van der Waals surface area contributed by atoms with Crippen LogP contribution in [0.25, 0.3) is 0 Å². The van der Waals surface area contributed by atoms with Crippen LogP contribution in [0.2, 0.25) is 0 Å². The number of hydrogen-bond acceptors (Lipinski definition) is 3. The first-order chi connectivity index (χ1) is 14.5. The SMILES string of the molecule is CCc1cc(C(=O)c2ccc(C)cc2)c(NC(=O)C[NH+]2CCc3ccccc3C2)s1. The maximum atomic E-state index is 13.1. The molecule has 4 rings (SSSR count). The average Bonchev–Trinajstić information content (AvgIpc) is 3.16. The van der Waals surface area contributed by atoms with Crippen molar-refractivity contribution in [3.63, 3.8) is 0 Å². The quantitative estimate of drug-likeness (QED) is 0.602. The molecule has 2 aromatic carbocycles. The summed E-state index contributed by atoms with van der Waals surface area (Å²) in [5, 5.41) is 3.70. The van der Waals surface area contributed by atoms with Gasteiger partial charge in [-0.1, -0.05) is 61.0 Å². The zero-order valence-corrected chi connectivity index (χ0v) is 18.3. The second kappa shape index (κ2) is 8.94. The predicted molar refractivity (Wildman–Crippen MR) is 121 cm³/mol. The summed E-state index contributed by atoms with van der Waals surface area (Å²) in [5.74, 6) is -0.0765. The Morgan fingerprint density at radius 3 is 2.53 bits per heavy atom. The number of rotatable bonds is 6. The van der Waals surface area contributed by atoms with Gasteiger partial charge in [0, 0.05) is 22.4 Å². The van der Waals surface area contributed by atoms with Crippen LogP contribution in [0.3, 0.4) is 0 Å². The average molecular weight is 420 g/mol. The van der Waals surface area contributed by atoms with E-state index in [9.17, 15) is 9.59 Å². The van der Waals surface area contributed by atoms with Gasteiger partial charge in [-0.3, -0.25) is 9.59 Å². The Kier molecular flexibility index (Phi) is 6.11. The van der Waals surface area contributed by atoms with E-state index in [0.29, 0.717) is 22.7 Å². The lowest BCUT2D eigenvalue weighted by Gasteiger charge is -2.25. The summed E-state index contributed by atoms with van der Waals surface area (Å²) in [6.45, 7) is 6.29. The molecular weight excluding hydrogens is 392 g/mol. The largest absolute Gasteiger partial charge is 0.323 e. The molecule has 4 nitrogen and oxygen atoms in total. The van der Waals surface area contributed by atoms with Crippen molar-refractivity contribution in [3.05, 3.63) is 87.3 Å². The molecule has 0 spiro atoms. The number of anilines is 1. The van der Waals surface area contributed by atoms with Crippen LogP contribution in [0.4, 0.5) is 5.00 Å². The van der Waals surface area contributed by atoms with E-state index in [1.54, 1.807) is 0 Å². The molecule has 0 saturated heterocycles. The summed E-state index contributed by atoms with van der Waals surface area (Å²) in [5.41, 5.74) is 5.07. The molecule has 2 heterocycles. The zero-order valence-electron chi connectivity index (χ0n) is 17.5. The number of hydrogen-bond donors (Lipinski definition) is 2. The molecule has 154 valence electrons. The van der Waals surface area contributed by atoms with Crippen LogP contribution >= 0.6 is 11.3 Å². The molecule has 1 aliphatic rings. The second-order valence-electron chi connectivity index (χ2n) is 7.92. The maximum absolute atomic E-state index is 13.1. The minimum Gasteiger partial charge on any atom is -0.323 e. The van der Waals surface area contributed by atoms with Gasteiger partial charge in [0.2, 0.25) is 0 Å². The molecule has 1 atom stereocenters. The van der Waals surface area contributed by atoms with Crippen molar-refractivity contribution in [2.24, 2.45) is 0 Å². The molecule has 1 amide bonds. The number of nitrogens with one attached hydrogen (secondary N) is 2. The predicted octanol–water partition coefficient (Wildman–Crippen LogP) is 3.43. The van der Waals surface area contributed by atoms with Crippen LogP contribution in [0.1, 0.15) is 44.4 Å². The van der Waals surface area contributed by atoms with E-state index in [2.05, 4.69) is 36.5 Å². The first kappa shape index (κ1) is 20.5. The number of fused-ring (bicyclic) bond motifs is 1. The lowest BCUT2D eigenvalue weighted by atomic mass is 10.00. The van der Waals surface area contributed by atoms with E-state index in [4.69, 9.17) is 0 Å². The van der Waals surface area contributed by atoms with Gasteiger partial charge in [0.05, 0.1) is 12.1 Å². The molecule has 0 saturated carbocycles. The lowest BCUT2D eigenvalue weighted by molar-refractivity contribution is -0.907. The lowest BCUT2D eigenvalue weighted by Crippen LogP contribution is -3.12. The van der Waals surface area contributed by atoms with Gasteiger partial charge in [0.25, 0.3) is 5.91 Å². The standard InChI is InChI=1S/C25H26N2O2S/c1-3-21-14-22(24(29)19-10-8-17(2)9-11-19)25(30-21)26-23(28)16-27-13-12-18-6-4-5-7-20(18)15-27/h4-11,14H,3,12-13,15-16H2,1-2H3,(H,26,28)/p+1. The number of quaternary nitrogens is 1. The molecular formula is C25H27N2O2S+. The van der Waals surface area contributed by atoms with Gasteiger partial charge >= 0.3 is 0 Å². The molecule has 1 unspecified atom stereocenters. The Morgan fingerprint density at radius 1 is 1.07 bits per heavy atom. The van der Waals surface area contributed by atoms with E-state index < -0.39 is 0 Å². The molecule has 2 N–H and O–H groups in total. The number of amides is 1. The number of ketones is 1. The van der Waals surface area contributed by atoms with Gasteiger partial charge in [0.15, 0.2) is 12.3 Å². The molecule has 0 radical (unpaired) electrons. The summed E-state index contributed by atoms with van der Waals surface area (Å²) in [6.07, 6.45) is 1.83. The third-order valence-corrected chi connectivity index (χ3v) is 6.86. The summed E-state index contributed by atoms with van der Waals surface area (Å²) >= 11 is 1.50. The highest BCUT2D eigenvalue weighted by Crippen LogP contribution is 2.30. The Balaban J connectivity index is 1.47. The first-order valence-electron chi connectivity index (χ1n) is 10.5. The highest BCUT2D eigenvalue weighted by Gasteiger charge is 2.24. The molecule has 0 bridgehead atoms. The summed E-state index contributed by atoms with van der Waals surface area (Å²) in [7, 11) is 0. The van der Waals surface area contributed by atoms with Crippen molar-refractivity contribution in [1.82, 2.24) is 0 Å². The summed E-state index contributed by atoms with van der Waals surface area (Å²) < 4.78 is 0. The summed E-state index contributed by atoms with van der Waals surface area (Å²) in [6, 6.07) is 18.0. The van der Waals surface area contributed by atoms with E-state index >= 15 is 0 Å². The minimum atomic E-state index is -0.0412. The highest BCUT2D eigenvalue weighted by atomic mass is 32.1. The fourth-order valence-electron chi connectivity index (χ4n) is 3.93. The number of carbonyl (C=O) groups excluding carboxylic acids is 2. The molecule has 5 heteroatoms. The zero-order chi connectivity index (χ0) is 21.1. The second-order valence-corrected chi connectivity index (χ2v) is 9.06. The Morgan fingerprint density at radius 2 is 1.80 bits per heavy atom. The van der Waals surface area contributed by atoms with Crippen LogP contribution in [-0.4, -0.2) is 24.8 Å². The molecule has 0 fully saturated rings. The smallest absolute Gasteiger partial charge is 0.280 e. The van der Waals surface area contributed by atoms with Crippen LogP contribution < -0.4 is 10.2 Å². The van der Waals surface area contributed by atoms with Gasteiger partial charge in [-0.25, -0.2) is 0 Å². The number of carbonyl (C=O) groups is 2. The van der Waals surface area contributed by atoms with Crippen molar-refractivity contribution in [2.75, 3.05) is 18.4 Å². The molecule has 1 aliphatic heterocycles. The van der Waals surface area contributed by atoms with Crippen molar-refractivity contribution in [3.8, 4) is 0 Å². The van der Waals surface area contributed by atoms with Gasteiger partial charge < -0.3 is 10.2 Å². The number of benzene rings is 2. The van der Waals surface area contributed by atoms with Gasteiger partial charge in [-0.15, -0.1) is 11.3 Å². The third kappa shape index (κ3) is 4.53. The minimum absolute atomic E-state index is 0.0353. The normalized spacial score (nSPS) is 15.5. The summed E-state index contributed by atoms with van der Waals surface area (Å²) in [4.78, 5) is 28.2. The van der Waals surface area contributed by atoms with Crippen LogP contribution in [0.15, 0.2) is 54.6 Å². The van der Waals surface area contributed by atoms with Crippen LogP contribution in [0.5, 0.6) is 0 Å². The van der Waals surface area contributed by atoms with Gasteiger partial charge in [-0.05, 0) is 25.0 Å². The Hall–Kier alpha value is -2.76. The van der Waals surface area contributed by atoms with E-state index in [-0.39, 0.29) is 11.7 Å². The fourth-order valence-corrected chi connectivity index (χ4v) is 4.94. The van der Waals surface area contributed by atoms with Crippen molar-refractivity contribution >= 4 is 28.0 Å². The van der Waals surface area contributed by atoms with E-state index in [1.165, 1.54) is 27.4 Å². The third-order valence-electron chi connectivity index (χ3n) is 5.66. The van der Waals surface area contributed by atoms with Gasteiger partial charge in [0.1, 0.15) is 11.5 Å². The van der Waals surface area contributed by atoms with Gasteiger partial charge in [-0.2, -0.15) is 0 Å². The van der Waals surface area contributed by atoms with Crippen LogP contribution in [-0.2, 0) is 24.2 Å². The molecule has 0 aliphatic carbocycles. The fraction of sp³-hybridized carbons (Fsp3) is 0.280. The Bertz CT molecular complexity index is 1070. The van der Waals surface area contributed by atoms with Crippen LogP contribution in [0, 0.1) is 6.92 Å². The maximum Gasteiger partial charge on any atom is 0.280 e. The Labute approximate surface area is 181 Å². The van der Waals surface area contributed by atoms with E-state index in [0.717, 1.165) is 36.4 Å². The molecule has 3 aromatic rings. The van der Waals surface area contributed by atoms with Crippen molar-refractivity contribution in [1.29, 1.82) is 0 Å². The molecule has 1 aromatic heterocycles. The number of thiophene rings is 1. The monoisotopic (exact) mass is 419 g/mol. The highest BCUT2D eigenvalue weighted by molar-refractivity contribution is 7.16. The first-order valence-corrected chi connectivity index (χ1v) is 11.3. The topological polar surface area (TPSA) is 50.6 Å². The molecule has 30 heavy (non-hydrogen) atoms.